The molecule has 2 fully saturated rings. The van der Waals surface area contributed by atoms with Crippen molar-refractivity contribution >= 4 is 17.9 Å². The van der Waals surface area contributed by atoms with Crippen LogP contribution < -0.4 is 0 Å². The number of esters is 1. The third-order valence-corrected chi connectivity index (χ3v) is 4.50. The average molecular weight is 310 g/mol. The van der Waals surface area contributed by atoms with E-state index in [-0.39, 0.29) is 23.2 Å². The second kappa shape index (κ2) is 7.42. The molecule has 6 heteroatoms. The topological polar surface area (TPSA) is 101 Å². The van der Waals surface area contributed by atoms with Gasteiger partial charge in [0.15, 0.2) is 0 Å². The highest BCUT2D eigenvalue weighted by molar-refractivity contribution is 6.02. The Labute approximate surface area is 129 Å². The van der Waals surface area contributed by atoms with Gasteiger partial charge in [-0.25, -0.2) is 9.59 Å². The molecule has 0 bridgehead atoms. The van der Waals surface area contributed by atoms with Crippen LogP contribution in [0.1, 0.15) is 57.8 Å². The van der Waals surface area contributed by atoms with Gasteiger partial charge in [0.1, 0.15) is 6.10 Å². The molecule has 0 spiro atoms. The van der Waals surface area contributed by atoms with Crippen LogP contribution in [0.15, 0.2) is 11.1 Å². The Hall–Kier alpha value is -1.85. The molecule has 0 saturated heterocycles. The smallest absolute Gasteiger partial charge is 0.332 e. The van der Waals surface area contributed by atoms with Crippen molar-refractivity contribution in [1.29, 1.82) is 0 Å². The lowest BCUT2D eigenvalue weighted by molar-refractivity contribution is -0.149. The van der Waals surface area contributed by atoms with Crippen molar-refractivity contribution in [2.45, 2.75) is 63.9 Å². The minimum atomic E-state index is -1.34. The van der Waals surface area contributed by atoms with Crippen molar-refractivity contribution in [3.05, 3.63) is 11.1 Å². The highest BCUT2D eigenvalue weighted by Gasteiger charge is 2.32. The molecule has 0 atom stereocenters. The summed E-state index contributed by atoms with van der Waals surface area (Å²) in [7, 11) is 0. The van der Waals surface area contributed by atoms with E-state index in [0.717, 1.165) is 38.5 Å². The molecular weight excluding hydrogens is 288 g/mol. The van der Waals surface area contributed by atoms with Gasteiger partial charge in [0.25, 0.3) is 0 Å². The summed E-state index contributed by atoms with van der Waals surface area (Å²) in [4.78, 5) is 34.9. The summed E-state index contributed by atoms with van der Waals surface area (Å²) in [6, 6.07) is 0. The predicted octanol–water partition coefficient (Wildman–Crippen LogP) is 2.52. The van der Waals surface area contributed by atoms with Crippen LogP contribution in [0.25, 0.3) is 0 Å². The van der Waals surface area contributed by atoms with Gasteiger partial charge in [-0.1, -0.05) is 12.8 Å². The lowest BCUT2D eigenvalue weighted by Gasteiger charge is -2.16. The Bertz CT molecular complexity index is 481. The molecule has 2 rings (SSSR count). The first-order valence-electron chi connectivity index (χ1n) is 7.88. The minimum Gasteiger partial charge on any atom is -0.478 e. The fraction of sp³-hybridized carbons (Fsp3) is 0.688. The molecule has 0 amide bonds. The zero-order chi connectivity index (χ0) is 16.1. The summed E-state index contributed by atoms with van der Waals surface area (Å²) in [5, 5.41) is 18.7. The molecular formula is C16H22O6. The minimum absolute atomic E-state index is 0.117. The van der Waals surface area contributed by atoms with Crippen molar-refractivity contribution in [3.8, 4) is 0 Å². The van der Waals surface area contributed by atoms with Crippen molar-refractivity contribution in [2.75, 3.05) is 0 Å². The Morgan fingerprint density at radius 1 is 0.864 bits per heavy atom. The molecule has 122 valence electrons. The average Bonchev–Trinajstić information content (AvgIpc) is 3.10. The highest BCUT2D eigenvalue weighted by atomic mass is 16.5. The van der Waals surface area contributed by atoms with E-state index >= 15 is 0 Å². The van der Waals surface area contributed by atoms with Crippen LogP contribution in [0.4, 0.5) is 0 Å². The van der Waals surface area contributed by atoms with Gasteiger partial charge in [0, 0.05) is 0 Å². The predicted molar refractivity (Wildman–Crippen MR) is 77.2 cm³/mol. The largest absolute Gasteiger partial charge is 0.478 e. The Morgan fingerprint density at radius 2 is 1.41 bits per heavy atom. The summed E-state index contributed by atoms with van der Waals surface area (Å²) in [5.41, 5.74) is -0.434. The maximum Gasteiger partial charge on any atom is 0.332 e. The zero-order valence-electron chi connectivity index (χ0n) is 12.5. The standard InChI is InChI=1S/C16H22O6/c17-13(22-11-7-3-4-8-11)9-12(15(18)19)14(16(20)21)10-5-1-2-6-10/h10-11H,1-9H2,(H,18,19)(H,20,21). The molecule has 2 aliphatic rings. The van der Waals surface area contributed by atoms with Gasteiger partial charge in [-0.15, -0.1) is 0 Å². The van der Waals surface area contributed by atoms with E-state index in [1.807, 2.05) is 0 Å². The summed E-state index contributed by atoms with van der Waals surface area (Å²) in [6.45, 7) is 0. The van der Waals surface area contributed by atoms with Crippen molar-refractivity contribution in [3.63, 3.8) is 0 Å². The number of ether oxygens (including phenoxy) is 1. The molecule has 6 nitrogen and oxygen atoms in total. The van der Waals surface area contributed by atoms with Gasteiger partial charge in [0.2, 0.25) is 0 Å². The molecule has 0 heterocycles. The van der Waals surface area contributed by atoms with Crippen LogP contribution in [0.5, 0.6) is 0 Å². The van der Waals surface area contributed by atoms with E-state index in [0.29, 0.717) is 12.8 Å². The van der Waals surface area contributed by atoms with Crippen LogP contribution in [-0.4, -0.2) is 34.2 Å². The fourth-order valence-corrected chi connectivity index (χ4v) is 3.43. The lowest BCUT2D eigenvalue weighted by Crippen LogP contribution is -2.22. The molecule has 0 radical (unpaired) electrons. The zero-order valence-corrected chi connectivity index (χ0v) is 12.5. The summed E-state index contributed by atoms with van der Waals surface area (Å²) in [5.74, 6) is -3.49. The normalized spacial score (nSPS) is 20.7. The number of carbonyl (C=O) groups is 3. The Kier molecular flexibility index (Phi) is 5.57. The Balaban J connectivity index is 2.14. The van der Waals surface area contributed by atoms with Gasteiger partial charge >= 0.3 is 17.9 Å². The molecule has 0 aromatic rings. The van der Waals surface area contributed by atoms with Gasteiger partial charge in [0.05, 0.1) is 17.6 Å². The second-order valence-corrected chi connectivity index (χ2v) is 6.06. The van der Waals surface area contributed by atoms with Crippen molar-refractivity contribution < 1.29 is 29.3 Å². The van der Waals surface area contributed by atoms with E-state index in [1.54, 1.807) is 0 Å². The lowest BCUT2D eigenvalue weighted by atomic mass is 9.91. The third-order valence-electron chi connectivity index (χ3n) is 4.50. The number of rotatable bonds is 6. The summed E-state index contributed by atoms with van der Waals surface area (Å²) < 4.78 is 5.26. The van der Waals surface area contributed by atoms with E-state index in [9.17, 15) is 24.6 Å². The van der Waals surface area contributed by atoms with Crippen LogP contribution in [-0.2, 0) is 19.1 Å². The molecule has 2 saturated carbocycles. The molecule has 22 heavy (non-hydrogen) atoms. The van der Waals surface area contributed by atoms with Gasteiger partial charge in [-0.3, -0.25) is 4.79 Å². The van der Waals surface area contributed by atoms with Crippen LogP contribution in [0, 0.1) is 5.92 Å². The number of carbonyl (C=O) groups excluding carboxylic acids is 1. The SMILES string of the molecule is O=C(CC(C(=O)O)=C(C(=O)O)C1CCCC1)OC1CCCC1. The van der Waals surface area contributed by atoms with Crippen LogP contribution in [0.3, 0.4) is 0 Å². The molecule has 0 aliphatic heterocycles. The van der Waals surface area contributed by atoms with E-state index in [4.69, 9.17) is 4.74 Å². The second-order valence-electron chi connectivity index (χ2n) is 6.06. The summed E-state index contributed by atoms with van der Waals surface area (Å²) >= 11 is 0. The first kappa shape index (κ1) is 16.5. The molecule has 0 aromatic carbocycles. The number of carboxylic acid groups (broad SMARTS) is 2. The quantitative estimate of drug-likeness (QED) is 0.577. The third kappa shape index (κ3) is 4.08. The van der Waals surface area contributed by atoms with E-state index in [2.05, 4.69) is 0 Å². The number of aliphatic carboxylic acids is 2. The number of hydrogen-bond acceptors (Lipinski definition) is 4. The van der Waals surface area contributed by atoms with Gasteiger partial charge in [-0.2, -0.15) is 0 Å². The summed E-state index contributed by atoms with van der Waals surface area (Å²) in [6.07, 6.45) is 6.09. The number of carboxylic acids is 2. The fourth-order valence-electron chi connectivity index (χ4n) is 3.43. The highest BCUT2D eigenvalue weighted by Crippen LogP contribution is 2.34. The molecule has 0 aromatic heterocycles. The maximum absolute atomic E-state index is 11.9. The van der Waals surface area contributed by atoms with Crippen molar-refractivity contribution in [2.24, 2.45) is 5.92 Å². The van der Waals surface area contributed by atoms with E-state index < -0.39 is 24.3 Å². The first-order valence-corrected chi connectivity index (χ1v) is 7.88. The van der Waals surface area contributed by atoms with Gasteiger partial charge in [-0.05, 0) is 44.4 Å². The molecule has 2 N–H and O–H groups in total. The van der Waals surface area contributed by atoms with E-state index in [1.165, 1.54) is 0 Å². The van der Waals surface area contributed by atoms with Crippen LogP contribution >= 0.6 is 0 Å². The van der Waals surface area contributed by atoms with Crippen LogP contribution in [0.2, 0.25) is 0 Å². The monoisotopic (exact) mass is 310 g/mol. The first-order chi connectivity index (χ1) is 10.5. The van der Waals surface area contributed by atoms with Crippen molar-refractivity contribution in [1.82, 2.24) is 0 Å². The maximum atomic E-state index is 11.9. The Morgan fingerprint density at radius 3 is 1.91 bits per heavy atom. The number of hydrogen-bond donors (Lipinski definition) is 2. The molecule has 0 unspecified atom stereocenters. The van der Waals surface area contributed by atoms with Gasteiger partial charge < -0.3 is 14.9 Å². The molecule has 2 aliphatic carbocycles.